The van der Waals surface area contributed by atoms with E-state index >= 15 is 0 Å². The molecule has 0 atom stereocenters. The minimum Gasteiger partial charge on any atom is -0.243 e. The van der Waals surface area contributed by atoms with Crippen molar-refractivity contribution < 1.29 is 8.42 Å². The van der Waals surface area contributed by atoms with E-state index in [0.717, 1.165) is 0 Å². The normalized spacial score (nSPS) is 10.2. The molecule has 0 amide bonds. The zero-order valence-electron chi connectivity index (χ0n) is 4.82. The number of thiol groups is 1. The molecule has 1 rings (SSSR count). The molecule has 0 fully saturated rings. The highest BCUT2D eigenvalue weighted by molar-refractivity contribution is 7.72. The third-order valence-corrected chi connectivity index (χ3v) is 1.76. The van der Waals surface area contributed by atoms with Gasteiger partial charge in [-0.1, -0.05) is 11.6 Å². The third-order valence-electron chi connectivity index (χ3n) is 0.899. The van der Waals surface area contributed by atoms with Crippen molar-refractivity contribution in [1.82, 2.24) is 4.98 Å². The van der Waals surface area contributed by atoms with E-state index in [0.29, 0.717) is 5.02 Å². The van der Waals surface area contributed by atoms with E-state index < -0.39 is 10.7 Å². The second-order valence-electron chi connectivity index (χ2n) is 1.59. The minimum atomic E-state index is -2.58. The van der Waals surface area contributed by atoms with Gasteiger partial charge in [0.25, 0.3) is 0 Å². The Bertz CT molecular complexity index is 285. The van der Waals surface area contributed by atoms with Crippen LogP contribution in [0.3, 0.4) is 0 Å². The summed E-state index contributed by atoms with van der Waals surface area (Å²) in [4.78, 5) is 3.55. The lowest BCUT2D eigenvalue weighted by atomic mass is 10.5. The van der Waals surface area contributed by atoms with Gasteiger partial charge in [-0.2, -0.15) is 0 Å². The zero-order valence-corrected chi connectivity index (χ0v) is 6.47. The Morgan fingerprint density at radius 3 is 2.50 bits per heavy atom. The quantitative estimate of drug-likeness (QED) is 0.643. The van der Waals surface area contributed by atoms with Crippen molar-refractivity contribution in [2.75, 3.05) is 0 Å². The van der Waals surface area contributed by atoms with E-state index in [1.165, 1.54) is 18.3 Å². The molecule has 1 heterocycles. The van der Waals surface area contributed by atoms with E-state index in [9.17, 15) is 8.42 Å². The fourth-order valence-electron chi connectivity index (χ4n) is 0.476. The van der Waals surface area contributed by atoms with Gasteiger partial charge in [0.1, 0.15) is 0 Å². The molecule has 0 unspecified atom stereocenters. The van der Waals surface area contributed by atoms with Crippen LogP contribution in [-0.2, 0) is 10.7 Å². The van der Waals surface area contributed by atoms with Gasteiger partial charge in [-0.05, 0) is 12.1 Å². The highest BCUT2D eigenvalue weighted by Crippen LogP contribution is 2.06. The molecule has 5 heteroatoms. The van der Waals surface area contributed by atoms with Crippen LogP contribution in [0.25, 0.3) is 0 Å². The molecule has 0 saturated carbocycles. The first-order valence-electron chi connectivity index (χ1n) is 2.46. The molecular formula is C5H4ClNO2S. The summed E-state index contributed by atoms with van der Waals surface area (Å²) >= 11 is 5.46. The van der Waals surface area contributed by atoms with Crippen molar-refractivity contribution >= 4 is 22.3 Å². The Morgan fingerprint density at radius 2 is 2.10 bits per heavy atom. The summed E-state index contributed by atoms with van der Waals surface area (Å²) in [5, 5.41) is 0.472. The Labute approximate surface area is 64.6 Å². The third kappa shape index (κ3) is 1.68. The van der Waals surface area contributed by atoms with Crippen LogP contribution in [0.15, 0.2) is 23.4 Å². The first-order valence-corrected chi connectivity index (χ1v) is 4.01. The monoisotopic (exact) mass is 177 g/mol. The predicted octanol–water partition coefficient (Wildman–Crippen LogP) is 0.705. The summed E-state index contributed by atoms with van der Waals surface area (Å²) in [5.74, 6) is 0. The van der Waals surface area contributed by atoms with Gasteiger partial charge in [0.2, 0.25) is 0 Å². The molecule has 0 saturated heterocycles. The van der Waals surface area contributed by atoms with Crippen molar-refractivity contribution in [2.45, 2.75) is 5.03 Å². The van der Waals surface area contributed by atoms with Gasteiger partial charge in [0.15, 0.2) is 15.7 Å². The smallest absolute Gasteiger partial charge is 0.185 e. The number of rotatable bonds is 1. The molecule has 0 aliphatic rings. The lowest BCUT2D eigenvalue weighted by Crippen LogP contribution is -1.83. The molecule has 0 bridgehead atoms. The molecule has 1 aromatic rings. The van der Waals surface area contributed by atoms with Crippen LogP contribution in [0.2, 0.25) is 5.02 Å². The summed E-state index contributed by atoms with van der Waals surface area (Å²) in [6.07, 6.45) is 1.29. The molecule has 0 aromatic carbocycles. The van der Waals surface area contributed by atoms with Crippen LogP contribution in [0.5, 0.6) is 0 Å². The predicted molar refractivity (Wildman–Crippen MR) is 37.8 cm³/mol. The maximum atomic E-state index is 10.2. The summed E-state index contributed by atoms with van der Waals surface area (Å²) in [6.45, 7) is 0. The number of pyridine rings is 1. The Morgan fingerprint density at radius 1 is 1.40 bits per heavy atom. The van der Waals surface area contributed by atoms with Gasteiger partial charge >= 0.3 is 0 Å². The van der Waals surface area contributed by atoms with E-state index in [-0.39, 0.29) is 5.03 Å². The minimum absolute atomic E-state index is 0.0411. The van der Waals surface area contributed by atoms with E-state index in [4.69, 9.17) is 11.6 Å². The van der Waals surface area contributed by atoms with E-state index in [1.807, 2.05) is 0 Å². The largest absolute Gasteiger partial charge is 0.243 e. The van der Waals surface area contributed by atoms with Crippen molar-refractivity contribution in [3.63, 3.8) is 0 Å². The molecule has 0 N–H and O–H groups in total. The average Bonchev–Trinajstić information content (AvgIpc) is 1.88. The Balaban J connectivity index is 3.12. The highest BCUT2D eigenvalue weighted by atomic mass is 35.5. The first-order chi connectivity index (χ1) is 4.70. The molecular weight excluding hydrogens is 174 g/mol. The Kier molecular flexibility index (Phi) is 2.24. The van der Waals surface area contributed by atoms with Crippen molar-refractivity contribution in [3.8, 4) is 0 Å². The second-order valence-corrected chi connectivity index (χ2v) is 3.00. The Hall–Kier alpha value is -0.610. The van der Waals surface area contributed by atoms with Gasteiger partial charge in [-0.3, -0.25) is 0 Å². The average molecular weight is 178 g/mol. The van der Waals surface area contributed by atoms with Crippen LogP contribution in [-0.4, -0.2) is 13.4 Å². The summed E-state index contributed by atoms with van der Waals surface area (Å²) in [6, 6.07) is 2.84. The topological polar surface area (TPSA) is 47.0 Å². The summed E-state index contributed by atoms with van der Waals surface area (Å²) in [7, 11) is -2.58. The molecule has 3 nitrogen and oxygen atoms in total. The van der Waals surface area contributed by atoms with Crippen LogP contribution in [0.1, 0.15) is 0 Å². The number of hydrogen-bond donors (Lipinski definition) is 1. The number of halogens is 1. The van der Waals surface area contributed by atoms with Gasteiger partial charge in [-0.15, -0.1) is 0 Å². The number of nitrogens with zero attached hydrogens (tertiary/aromatic N) is 1. The first kappa shape index (κ1) is 7.50. The van der Waals surface area contributed by atoms with E-state index in [1.54, 1.807) is 0 Å². The van der Waals surface area contributed by atoms with Crippen LogP contribution < -0.4 is 0 Å². The molecule has 54 valence electrons. The zero-order chi connectivity index (χ0) is 7.56. The van der Waals surface area contributed by atoms with E-state index in [2.05, 4.69) is 4.98 Å². The van der Waals surface area contributed by atoms with Crippen LogP contribution >= 0.6 is 11.6 Å². The molecule has 10 heavy (non-hydrogen) atoms. The van der Waals surface area contributed by atoms with Gasteiger partial charge in [-0.25, -0.2) is 13.4 Å². The molecule has 0 spiro atoms. The summed E-state index contributed by atoms with van der Waals surface area (Å²) in [5.41, 5.74) is 0. The summed E-state index contributed by atoms with van der Waals surface area (Å²) < 4.78 is 20.5. The number of aromatic nitrogens is 1. The lowest BCUT2D eigenvalue weighted by Gasteiger charge is -1.87. The van der Waals surface area contributed by atoms with Crippen molar-refractivity contribution in [2.24, 2.45) is 0 Å². The standard InChI is InChI=1S/C5H4ClNO2S/c6-4-1-2-5(7-3-4)10(8)9/h1-3,10H. The number of hydrogen-bond acceptors (Lipinski definition) is 3. The highest BCUT2D eigenvalue weighted by Gasteiger charge is 1.93. The molecule has 0 aliphatic heterocycles. The molecule has 1 aromatic heterocycles. The molecule has 0 aliphatic carbocycles. The fraction of sp³-hybridized carbons (Fsp3) is 0. The fourth-order valence-corrected chi connectivity index (χ4v) is 0.936. The van der Waals surface area contributed by atoms with Gasteiger partial charge < -0.3 is 0 Å². The second kappa shape index (κ2) is 2.98. The molecule has 0 radical (unpaired) electrons. The van der Waals surface area contributed by atoms with Crippen molar-refractivity contribution in [1.29, 1.82) is 0 Å². The SMILES string of the molecule is O=[SH](=O)c1ccc(Cl)cn1. The lowest BCUT2D eigenvalue weighted by molar-refractivity contribution is 0.611. The maximum Gasteiger partial charge on any atom is 0.185 e. The van der Waals surface area contributed by atoms with Gasteiger partial charge in [0.05, 0.1) is 5.02 Å². The maximum absolute atomic E-state index is 10.2. The van der Waals surface area contributed by atoms with Crippen LogP contribution in [0.4, 0.5) is 0 Å². The van der Waals surface area contributed by atoms with Crippen molar-refractivity contribution in [3.05, 3.63) is 23.4 Å². The van der Waals surface area contributed by atoms with Crippen LogP contribution in [0, 0.1) is 0 Å². The van der Waals surface area contributed by atoms with Gasteiger partial charge in [0, 0.05) is 6.20 Å².